The van der Waals surface area contributed by atoms with Crippen LogP contribution in [0.2, 0.25) is 10.0 Å². The Bertz CT molecular complexity index is 582. The largest absolute Gasteiger partial charge is 0.379 e. The fourth-order valence-corrected chi connectivity index (χ4v) is 4.26. The molecule has 132 valence electrons. The van der Waals surface area contributed by atoms with Crippen LogP contribution in [-0.4, -0.2) is 49.2 Å². The van der Waals surface area contributed by atoms with E-state index < -0.39 is 0 Å². The molecule has 0 aromatic heterocycles. The highest BCUT2D eigenvalue weighted by Crippen LogP contribution is 2.34. The molecule has 1 saturated heterocycles. The van der Waals surface area contributed by atoms with Gasteiger partial charge in [0.2, 0.25) is 0 Å². The molecule has 1 N–H and O–H groups in total. The van der Waals surface area contributed by atoms with E-state index in [4.69, 9.17) is 27.9 Å². The number of carbonyl (C=O) groups excluding carboxylic acids is 1. The van der Waals surface area contributed by atoms with E-state index in [1.807, 2.05) is 0 Å². The van der Waals surface area contributed by atoms with Crippen molar-refractivity contribution in [3.05, 3.63) is 33.8 Å². The van der Waals surface area contributed by atoms with Crippen molar-refractivity contribution in [3.8, 4) is 0 Å². The molecule has 0 atom stereocenters. The fourth-order valence-electron chi connectivity index (χ4n) is 3.87. The van der Waals surface area contributed by atoms with Crippen molar-refractivity contribution in [1.29, 1.82) is 0 Å². The fraction of sp³-hybridized carbons (Fsp3) is 0.611. The van der Waals surface area contributed by atoms with E-state index in [-0.39, 0.29) is 11.4 Å². The molecular weight excluding hydrogens is 347 g/mol. The lowest BCUT2D eigenvalue weighted by Crippen LogP contribution is -2.59. The summed E-state index contributed by atoms with van der Waals surface area (Å²) in [6.07, 6.45) is 5.95. The number of ether oxygens (including phenoxy) is 1. The summed E-state index contributed by atoms with van der Waals surface area (Å²) in [5.41, 5.74) is 0.486. The van der Waals surface area contributed by atoms with Crippen LogP contribution in [0.3, 0.4) is 0 Å². The van der Waals surface area contributed by atoms with E-state index in [9.17, 15) is 4.79 Å². The lowest BCUT2D eigenvalue weighted by molar-refractivity contribution is -0.0361. The molecule has 1 heterocycles. The van der Waals surface area contributed by atoms with Crippen LogP contribution in [0.15, 0.2) is 18.2 Å². The van der Waals surface area contributed by atoms with Gasteiger partial charge in [0.05, 0.1) is 28.8 Å². The molecule has 0 bridgehead atoms. The van der Waals surface area contributed by atoms with Crippen LogP contribution in [0.1, 0.15) is 42.5 Å². The summed E-state index contributed by atoms with van der Waals surface area (Å²) in [6.45, 7) is 4.07. The highest BCUT2D eigenvalue weighted by Gasteiger charge is 2.38. The van der Waals surface area contributed by atoms with E-state index >= 15 is 0 Å². The van der Waals surface area contributed by atoms with E-state index in [1.54, 1.807) is 18.2 Å². The number of amides is 1. The molecule has 1 saturated carbocycles. The SMILES string of the molecule is O=C(NCC1(N2CCOCC2)CCCCC1)c1cccc(Cl)c1Cl. The maximum atomic E-state index is 12.6. The Labute approximate surface area is 153 Å². The lowest BCUT2D eigenvalue weighted by atomic mass is 9.79. The van der Waals surface area contributed by atoms with Gasteiger partial charge in [-0.15, -0.1) is 0 Å². The number of rotatable bonds is 4. The van der Waals surface area contributed by atoms with E-state index in [0.29, 0.717) is 22.2 Å². The maximum Gasteiger partial charge on any atom is 0.252 e. The first kappa shape index (κ1) is 18.0. The van der Waals surface area contributed by atoms with Crippen molar-refractivity contribution >= 4 is 29.1 Å². The third-order valence-corrected chi connectivity index (χ3v) is 6.06. The topological polar surface area (TPSA) is 41.6 Å². The van der Waals surface area contributed by atoms with Gasteiger partial charge in [-0.2, -0.15) is 0 Å². The van der Waals surface area contributed by atoms with Crippen LogP contribution in [0.4, 0.5) is 0 Å². The summed E-state index contributed by atoms with van der Waals surface area (Å²) >= 11 is 12.2. The number of nitrogens with zero attached hydrogens (tertiary/aromatic N) is 1. The Morgan fingerprint density at radius 1 is 1.17 bits per heavy atom. The highest BCUT2D eigenvalue weighted by atomic mass is 35.5. The number of hydrogen-bond acceptors (Lipinski definition) is 3. The van der Waals surface area contributed by atoms with E-state index in [2.05, 4.69) is 10.2 Å². The van der Waals surface area contributed by atoms with E-state index in [0.717, 1.165) is 39.1 Å². The van der Waals surface area contributed by atoms with Crippen LogP contribution in [0.5, 0.6) is 0 Å². The van der Waals surface area contributed by atoms with Gasteiger partial charge in [0.1, 0.15) is 0 Å². The summed E-state index contributed by atoms with van der Waals surface area (Å²) in [7, 11) is 0. The Hall–Kier alpha value is -0.810. The predicted octanol–water partition coefficient (Wildman–Crippen LogP) is 3.76. The molecule has 1 aliphatic heterocycles. The molecule has 4 nitrogen and oxygen atoms in total. The van der Waals surface area contributed by atoms with Gasteiger partial charge in [0.15, 0.2) is 0 Å². The average Bonchev–Trinajstić information content (AvgIpc) is 2.63. The summed E-state index contributed by atoms with van der Waals surface area (Å²) in [6, 6.07) is 5.16. The number of carbonyl (C=O) groups is 1. The second-order valence-electron chi connectivity index (χ2n) is 6.67. The van der Waals surface area contributed by atoms with Gasteiger partial charge >= 0.3 is 0 Å². The minimum Gasteiger partial charge on any atom is -0.379 e. The van der Waals surface area contributed by atoms with Gasteiger partial charge in [0.25, 0.3) is 5.91 Å². The van der Waals surface area contributed by atoms with Crippen molar-refractivity contribution in [2.45, 2.75) is 37.6 Å². The number of nitrogens with one attached hydrogen (secondary N) is 1. The van der Waals surface area contributed by atoms with Crippen molar-refractivity contribution < 1.29 is 9.53 Å². The molecule has 3 rings (SSSR count). The summed E-state index contributed by atoms with van der Waals surface area (Å²) in [4.78, 5) is 15.1. The zero-order valence-corrected chi connectivity index (χ0v) is 15.3. The van der Waals surface area contributed by atoms with Gasteiger partial charge < -0.3 is 10.1 Å². The van der Waals surface area contributed by atoms with Crippen LogP contribution in [0.25, 0.3) is 0 Å². The summed E-state index contributed by atoms with van der Waals surface area (Å²) in [5, 5.41) is 3.84. The zero-order valence-electron chi connectivity index (χ0n) is 13.8. The molecule has 1 amide bonds. The first-order chi connectivity index (χ1) is 11.6. The zero-order chi connectivity index (χ0) is 17.0. The average molecular weight is 371 g/mol. The monoisotopic (exact) mass is 370 g/mol. The molecule has 6 heteroatoms. The van der Waals surface area contributed by atoms with Crippen LogP contribution >= 0.6 is 23.2 Å². The quantitative estimate of drug-likeness (QED) is 0.876. The number of hydrogen-bond donors (Lipinski definition) is 1. The standard InChI is InChI=1S/C18H24Cl2N2O2/c19-15-6-4-5-14(16(15)20)17(23)21-13-18(7-2-1-3-8-18)22-9-11-24-12-10-22/h4-6H,1-3,7-13H2,(H,21,23). The van der Waals surface area contributed by atoms with Gasteiger partial charge in [-0.25, -0.2) is 0 Å². The Morgan fingerprint density at radius 2 is 1.88 bits per heavy atom. The molecule has 1 aromatic rings. The van der Waals surface area contributed by atoms with Crippen molar-refractivity contribution in [3.63, 3.8) is 0 Å². The third kappa shape index (κ3) is 3.88. The highest BCUT2D eigenvalue weighted by molar-refractivity contribution is 6.43. The number of benzene rings is 1. The number of halogens is 2. The third-order valence-electron chi connectivity index (χ3n) is 5.24. The lowest BCUT2D eigenvalue weighted by Gasteiger charge is -2.48. The Balaban J connectivity index is 1.71. The van der Waals surface area contributed by atoms with Crippen LogP contribution < -0.4 is 5.32 Å². The van der Waals surface area contributed by atoms with Crippen molar-refractivity contribution in [2.75, 3.05) is 32.8 Å². The number of morpholine rings is 1. The van der Waals surface area contributed by atoms with Crippen LogP contribution in [0, 0.1) is 0 Å². The molecule has 1 aromatic carbocycles. The summed E-state index contributed by atoms with van der Waals surface area (Å²) < 4.78 is 5.50. The molecule has 0 spiro atoms. The van der Waals surface area contributed by atoms with Crippen molar-refractivity contribution in [2.24, 2.45) is 0 Å². The molecule has 0 unspecified atom stereocenters. The minimum atomic E-state index is -0.152. The van der Waals surface area contributed by atoms with Gasteiger partial charge in [-0.1, -0.05) is 48.5 Å². The first-order valence-electron chi connectivity index (χ1n) is 8.67. The Morgan fingerprint density at radius 3 is 2.58 bits per heavy atom. The van der Waals surface area contributed by atoms with Crippen molar-refractivity contribution in [1.82, 2.24) is 10.2 Å². The molecule has 0 radical (unpaired) electrons. The summed E-state index contributed by atoms with van der Waals surface area (Å²) in [5.74, 6) is -0.152. The predicted molar refractivity (Wildman–Crippen MR) is 97.0 cm³/mol. The molecular formula is C18H24Cl2N2O2. The van der Waals surface area contributed by atoms with Crippen LogP contribution in [-0.2, 0) is 4.74 Å². The van der Waals surface area contributed by atoms with Gasteiger partial charge in [-0.05, 0) is 25.0 Å². The second kappa shape index (κ2) is 8.05. The molecule has 1 aliphatic carbocycles. The minimum absolute atomic E-state index is 0.0444. The first-order valence-corrected chi connectivity index (χ1v) is 9.43. The maximum absolute atomic E-state index is 12.6. The van der Waals surface area contributed by atoms with Gasteiger partial charge in [0, 0.05) is 25.2 Å². The Kier molecular flexibility index (Phi) is 6.03. The molecule has 2 aliphatic rings. The smallest absolute Gasteiger partial charge is 0.252 e. The molecule has 24 heavy (non-hydrogen) atoms. The second-order valence-corrected chi connectivity index (χ2v) is 7.45. The van der Waals surface area contributed by atoms with Gasteiger partial charge in [-0.3, -0.25) is 9.69 Å². The normalized spacial score (nSPS) is 21.4. The van der Waals surface area contributed by atoms with E-state index in [1.165, 1.54) is 19.3 Å². The molecule has 2 fully saturated rings.